The van der Waals surface area contributed by atoms with Crippen LogP contribution < -0.4 is 0 Å². The third kappa shape index (κ3) is 6.80. The molecule has 3 aromatic carbocycles. The third-order valence-electron chi connectivity index (χ3n) is 5.83. The summed E-state index contributed by atoms with van der Waals surface area (Å²) in [6.45, 7) is 8.61. The zero-order valence-corrected chi connectivity index (χ0v) is 23.1. The van der Waals surface area contributed by atoms with Crippen LogP contribution in [-0.2, 0) is 26.3 Å². The molecule has 0 aliphatic carbocycles. The van der Waals surface area contributed by atoms with Crippen LogP contribution in [0.25, 0.3) is 11.1 Å². The van der Waals surface area contributed by atoms with Crippen molar-refractivity contribution in [1.82, 2.24) is 0 Å². The van der Waals surface area contributed by atoms with Gasteiger partial charge in [-0.05, 0) is 29.5 Å². The molecule has 0 saturated heterocycles. The molecule has 0 aliphatic heterocycles. The van der Waals surface area contributed by atoms with Gasteiger partial charge in [-0.25, -0.2) is 0 Å². The number of nitrogens with zero attached hydrogens (tertiary/aromatic N) is 1. The fourth-order valence-corrected chi connectivity index (χ4v) is 3.80. The van der Waals surface area contributed by atoms with Crippen LogP contribution in [0.4, 0.5) is 0 Å². The van der Waals surface area contributed by atoms with E-state index < -0.39 is 20.8 Å². The maximum absolute atomic E-state index is 11.4. The molecule has 0 saturated carbocycles. The fourth-order valence-electron chi connectivity index (χ4n) is 3.80. The van der Waals surface area contributed by atoms with Gasteiger partial charge in [-0.3, -0.25) is 4.99 Å². The van der Waals surface area contributed by atoms with Gasteiger partial charge in [0.05, 0.1) is 0 Å². The van der Waals surface area contributed by atoms with Crippen LogP contribution in [0.3, 0.4) is 0 Å². The molecule has 0 heterocycles. The summed E-state index contributed by atoms with van der Waals surface area (Å²) < 4.78 is 0. The fraction of sp³-hybridized carbons (Fsp3) is 0.296. The van der Waals surface area contributed by atoms with Crippen molar-refractivity contribution in [1.29, 1.82) is 0 Å². The first-order chi connectivity index (χ1) is 15.4. The van der Waals surface area contributed by atoms with Crippen molar-refractivity contribution in [2.45, 2.75) is 52.0 Å². The number of phenolic OH excluding ortho intramolecular Hbond substituents is 1. The number of hydrogen-bond acceptors (Lipinski definition) is 2. The van der Waals surface area contributed by atoms with E-state index >= 15 is 0 Å². The Morgan fingerprint density at radius 2 is 1.44 bits per heavy atom. The van der Waals surface area contributed by atoms with Gasteiger partial charge in [0.1, 0.15) is 5.75 Å². The second kappa shape index (κ2) is 13.3. The van der Waals surface area contributed by atoms with Gasteiger partial charge >= 0.3 is 37.9 Å². The summed E-state index contributed by atoms with van der Waals surface area (Å²) in [6.07, 6.45) is 3.85. The Morgan fingerprint density at radius 3 is 1.97 bits per heavy atom. The molecule has 0 atom stereocenters. The number of halogens is 2. The van der Waals surface area contributed by atoms with Crippen LogP contribution in [0.5, 0.6) is 5.75 Å². The molecular formula is C27H31Cl2NOZr. The van der Waals surface area contributed by atoms with E-state index in [4.69, 9.17) is 22.0 Å². The van der Waals surface area contributed by atoms with Gasteiger partial charge in [0, 0.05) is 28.8 Å². The van der Waals surface area contributed by atoms with E-state index in [0.29, 0.717) is 5.75 Å². The predicted molar refractivity (Wildman–Crippen MR) is 136 cm³/mol. The second-order valence-electron chi connectivity index (χ2n) is 8.10. The van der Waals surface area contributed by atoms with Crippen molar-refractivity contribution in [3.63, 3.8) is 0 Å². The molecule has 168 valence electrons. The Kier molecular flexibility index (Phi) is 11.2. The van der Waals surface area contributed by atoms with Gasteiger partial charge in [0.25, 0.3) is 0 Å². The quantitative estimate of drug-likeness (QED) is 0.296. The molecule has 0 amide bonds. The van der Waals surface area contributed by atoms with E-state index in [9.17, 15) is 5.11 Å². The van der Waals surface area contributed by atoms with Crippen molar-refractivity contribution in [2.24, 2.45) is 4.99 Å². The molecule has 0 fully saturated rings. The van der Waals surface area contributed by atoms with Gasteiger partial charge < -0.3 is 5.11 Å². The van der Waals surface area contributed by atoms with E-state index in [1.54, 1.807) is 0 Å². The Balaban J connectivity index is 0.00000114. The second-order valence-corrected chi connectivity index (χ2v) is 11.8. The van der Waals surface area contributed by atoms with E-state index in [-0.39, 0.29) is 11.5 Å². The topological polar surface area (TPSA) is 32.6 Å². The van der Waals surface area contributed by atoms with Crippen LogP contribution in [-0.4, -0.2) is 17.4 Å². The third-order valence-corrected chi connectivity index (χ3v) is 5.83. The van der Waals surface area contributed by atoms with Crippen LogP contribution in [0.15, 0.2) is 77.8 Å². The normalized spacial score (nSPS) is 11.3. The summed E-state index contributed by atoms with van der Waals surface area (Å²) in [5.74, 6) is 0.315. The average molecular weight is 548 g/mol. The van der Waals surface area contributed by atoms with Crippen LogP contribution in [0, 0.1) is 0 Å². The summed E-state index contributed by atoms with van der Waals surface area (Å²) in [7, 11) is 9.87. The van der Waals surface area contributed by atoms with E-state index in [0.717, 1.165) is 35.1 Å². The number of benzene rings is 3. The zero-order valence-electron chi connectivity index (χ0n) is 19.1. The SMILES string of the molecule is CCC(CC)N=Cc1c(-c2ccccc2)ccc(C(C)(C)c2ccccc2)c1O.[Cl][Zr][Cl]. The van der Waals surface area contributed by atoms with Gasteiger partial charge in [-0.1, -0.05) is 100 Å². The molecule has 0 spiro atoms. The van der Waals surface area contributed by atoms with Crippen molar-refractivity contribution in [2.75, 3.05) is 0 Å². The summed E-state index contributed by atoms with van der Waals surface area (Å²) in [5.41, 5.74) is 4.64. The summed E-state index contributed by atoms with van der Waals surface area (Å²) >= 11 is -0.826. The standard InChI is InChI=1S/C27H31NO.2ClH.Zr/c1-5-22(6-2)28-19-24-23(20-13-9-7-10-14-20)17-18-25(26(24)29)27(3,4)21-15-11-8-12-16-21;;;/h7-19,22,29H,5-6H2,1-4H3;2*1H;/q;;;+2/p-2. The maximum atomic E-state index is 11.4. The molecule has 32 heavy (non-hydrogen) atoms. The number of aliphatic imine (C=N–C) groups is 1. The first-order valence-electron chi connectivity index (χ1n) is 10.9. The predicted octanol–water partition coefficient (Wildman–Crippen LogP) is 8.37. The Hall–Kier alpha value is -1.41. The molecule has 0 aromatic heterocycles. The van der Waals surface area contributed by atoms with Crippen molar-refractivity contribution in [3.8, 4) is 16.9 Å². The van der Waals surface area contributed by atoms with Crippen LogP contribution in [0.2, 0.25) is 0 Å². The zero-order chi connectivity index (χ0) is 23.6. The van der Waals surface area contributed by atoms with Crippen molar-refractivity contribution in [3.05, 3.63) is 89.5 Å². The molecule has 2 nitrogen and oxygen atoms in total. The Morgan fingerprint density at radius 1 is 0.906 bits per heavy atom. The van der Waals surface area contributed by atoms with E-state index in [1.165, 1.54) is 5.56 Å². The van der Waals surface area contributed by atoms with Gasteiger partial charge in [0.15, 0.2) is 0 Å². The average Bonchev–Trinajstić information content (AvgIpc) is 2.82. The number of phenols is 1. The molecule has 3 aromatic rings. The van der Waals surface area contributed by atoms with E-state index in [1.807, 2.05) is 42.6 Å². The first kappa shape index (κ1) is 26.8. The minimum atomic E-state index is -0.826. The first-order valence-corrected chi connectivity index (χ1v) is 17.2. The molecule has 0 bridgehead atoms. The molecule has 0 aliphatic rings. The minimum absolute atomic E-state index is 0.267. The van der Waals surface area contributed by atoms with Crippen LogP contribution >= 0.6 is 17.0 Å². The Bertz CT molecular complexity index is 987. The van der Waals surface area contributed by atoms with E-state index in [2.05, 4.69) is 64.1 Å². The summed E-state index contributed by atoms with van der Waals surface area (Å²) in [6, 6.07) is 25.0. The van der Waals surface area contributed by atoms with Gasteiger partial charge in [0.2, 0.25) is 0 Å². The summed E-state index contributed by atoms with van der Waals surface area (Å²) in [5, 5.41) is 11.4. The molecule has 5 heteroatoms. The molecular weight excluding hydrogens is 516 g/mol. The number of rotatable bonds is 7. The van der Waals surface area contributed by atoms with Crippen LogP contribution in [0.1, 0.15) is 57.2 Å². The monoisotopic (exact) mass is 545 g/mol. The molecule has 3 rings (SSSR count). The molecule has 0 unspecified atom stereocenters. The van der Waals surface area contributed by atoms with Crippen molar-refractivity contribution < 1.29 is 26.0 Å². The van der Waals surface area contributed by atoms with Gasteiger partial charge in [-0.15, -0.1) is 0 Å². The molecule has 0 radical (unpaired) electrons. The van der Waals surface area contributed by atoms with Gasteiger partial charge in [-0.2, -0.15) is 0 Å². The Labute approximate surface area is 211 Å². The number of hydrogen-bond donors (Lipinski definition) is 1. The van der Waals surface area contributed by atoms with Crippen molar-refractivity contribution >= 4 is 23.2 Å². The molecule has 1 N–H and O–H groups in total. The summed E-state index contributed by atoms with van der Waals surface area (Å²) in [4.78, 5) is 4.79. The number of aromatic hydroxyl groups is 1.